The minimum Gasteiger partial charge on any atom is -0.496 e. The van der Waals surface area contributed by atoms with Crippen LogP contribution in [-0.4, -0.2) is 12.0 Å². The monoisotopic (exact) mass is 401 g/mol. The second-order valence-electron chi connectivity index (χ2n) is 4.08. The number of benzene rings is 2. The molecule has 2 aromatic carbocycles. The van der Waals surface area contributed by atoms with Crippen molar-refractivity contribution in [1.82, 2.24) is 0 Å². The van der Waals surface area contributed by atoms with Crippen LogP contribution in [0.1, 0.15) is 5.56 Å². The van der Waals surface area contributed by atoms with Gasteiger partial charge in [0.2, 0.25) is 0 Å². The maximum Gasteiger partial charge on any atom is 0.284 e. The number of nitro benzene ring substituents is 1. The van der Waals surface area contributed by atoms with Gasteiger partial charge in [0.25, 0.3) is 5.69 Å². The van der Waals surface area contributed by atoms with Crippen LogP contribution in [-0.2, 0) is 0 Å². The molecule has 0 aliphatic carbocycles. The quantitative estimate of drug-likeness (QED) is 0.425. The van der Waals surface area contributed by atoms with Crippen molar-refractivity contribution >= 4 is 40.0 Å². The van der Waals surface area contributed by atoms with Crippen molar-refractivity contribution in [2.24, 2.45) is 0 Å². The third-order valence-corrected chi connectivity index (χ3v) is 4.99. The Kier molecular flexibility index (Phi) is 4.87. The molecule has 2 aromatic rings. The molecule has 0 aliphatic rings. The van der Waals surface area contributed by atoms with Gasteiger partial charge in [0.15, 0.2) is 0 Å². The Bertz CT molecular complexity index is 661. The van der Waals surface area contributed by atoms with E-state index in [1.807, 2.05) is 37.3 Å². The lowest BCUT2D eigenvalue weighted by Crippen LogP contribution is -1.94. The van der Waals surface area contributed by atoms with Gasteiger partial charge in [0, 0.05) is 9.64 Å². The average Bonchev–Trinajstić information content (AvgIpc) is 2.43. The highest BCUT2D eigenvalue weighted by atomic mass is 127. The van der Waals surface area contributed by atoms with Crippen LogP contribution >= 0.6 is 34.4 Å². The SMILES string of the molecule is COc1ccccc1Sc1cc(C)c(I)cc1[N+](=O)[O-]. The van der Waals surface area contributed by atoms with E-state index in [9.17, 15) is 10.1 Å². The van der Waals surface area contributed by atoms with Crippen molar-refractivity contribution in [3.05, 3.63) is 55.6 Å². The number of halogens is 1. The molecule has 0 N–H and O–H groups in total. The minimum absolute atomic E-state index is 0.121. The smallest absolute Gasteiger partial charge is 0.284 e. The first-order valence-electron chi connectivity index (χ1n) is 5.78. The molecule has 0 saturated heterocycles. The number of para-hydroxylation sites is 1. The molecule has 104 valence electrons. The van der Waals surface area contributed by atoms with Gasteiger partial charge >= 0.3 is 0 Å². The van der Waals surface area contributed by atoms with E-state index < -0.39 is 0 Å². The third-order valence-electron chi connectivity index (χ3n) is 2.73. The standard InChI is InChI=1S/C14H12INO3S/c1-9-7-14(11(16(17)18)8-10(9)15)20-13-6-4-3-5-12(13)19-2/h3-8H,1-2H3. The zero-order valence-corrected chi connectivity index (χ0v) is 13.9. The Labute approximate surface area is 134 Å². The van der Waals surface area contributed by atoms with Crippen molar-refractivity contribution in [2.75, 3.05) is 7.11 Å². The highest BCUT2D eigenvalue weighted by molar-refractivity contribution is 14.1. The van der Waals surface area contributed by atoms with E-state index >= 15 is 0 Å². The molecule has 0 saturated carbocycles. The molecule has 0 aliphatic heterocycles. The van der Waals surface area contributed by atoms with Gasteiger partial charge in [-0.3, -0.25) is 10.1 Å². The van der Waals surface area contributed by atoms with E-state index in [0.717, 1.165) is 14.0 Å². The molecule has 6 heteroatoms. The Morgan fingerprint density at radius 3 is 2.60 bits per heavy atom. The summed E-state index contributed by atoms with van der Waals surface area (Å²) in [5.41, 5.74) is 1.14. The molecule has 0 atom stereocenters. The number of hydrogen-bond acceptors (Lipinski definition) is 4. The van der Waals surface area contributed by atoms with Crippen LogP contribution in [0.25, 0.3) is 0 Å². The second-order valence-corrected chi connectivity index (χ2v) is 6.33. The summed E-state index contributed by atoms with van der Waals surface area (Å²) in [6.45, 7) is 1.94. The first-order chi connectivity index (χ1) is 9.52. The summed E-state index contributed by atoms with van der Waals surface area (Å²) < 4.78 is 6.17. The van der Waals surface area contributed by atoms with Crippen molar-refractivity contribution < 1.29 is 9.66 Å². The fourth-order valence-corrected chi connectivity index (χ4v) is 3.25. The summed E-state index contributed by atoms with van der Waals surface area (Å²) in [6, 6.07) is 10.9. The molecule has 4 nitrogen and oxygen atoms in total. The first-order valence-corrected chi connectivity index (χ1v) is 7.68. The van der Waals surface area contributed by atoms with E-state index in [0.29, 0.717) is 10.6 Å². The molecular weight excluding hydrogens is 389 g/mol. The summed E-state index contributed by atoms with van der Waals surface area (Å²) in [5, 5.41) is 11.2. The maximum atomic E-state index is 11.2. The average molecular weight is 401 g/mol. The third kappa shape index (κ3) is 3.24. The van der Waals surface area contributed by atoms with Gasteiger partial charge < -0.3 is 4.74 Å². The molecule has 0 aromatic heterocycles. The van der Waals surface area contributed by atoms with Gasteiger partial charge in [-0.15, -0.1) is 0 Å². The minimum atomic E-state index is -0.348. The fourth-order valence-electron chi connectivity index (χ4n) is 1.69. The molecule has 2 rings (SSSR count). The van der Waals surface area contributed by atoms with Gasteiger partial charge in [-0.1, -0.05) is 23.9 Å². The Hall–Kier alpha value is -1.28. The van der Waals surface area contributed by atoms with Gasteiger partial charge in [0.1, 0.15) is 5.75 Å². The highest BCUT2D eigenvalue weighted by Gasteiger charge is 2.18. The number of hydrogen-bond donors (Lipinski definition) is 0. The molecule has 0 radical (unpaired) electrons. The van der Waals surface area contributed by atoms with Crippen LogP contribution in [0.3, 0.4) is 0 Å². The van der Waals surface area contributed by atoms with Gasteiger partial charge in [0.05, 0.1) is 21.8 Å². The van der Waals surface area contributed by atoms with E-state index in [4.69, 9.17) is 4.74 Å². The van der Waals surface area contributed by atoms with Crippen molar-refractivity contribution in [3.8, 4) is 5.75 Å². The highest BCUT2D eigenvalue weighted by Crippen LogP contribution is 2.40. The van der Waals surface area contributed by atoms with E-state index in [-0.39, 0.29) is 10.6 Å². The van der Waals surface area contributed by atoms with Gasteiger partial charge in [-0.05, 0) is 53.3 Å². The maximum absolute atomic E-state index is 11.2. The molecule has 0 unspecified atom stereocenters. The first kappa shape index (κ1) is 15.1. The van der Waals surface area contributed by atoms with E-state index in [1.165, 1.54) is 11.8 Å². The molecule has 0 heterocycles. The van der Waals surface area contributed by atoms with Crippen molar-refractivity contribution in [1.29, 1.82) is 0 Å². The summed E-state index contributed by atoms with van der Waals surface area (Å²) in [4.78, 5) is 12.3. The summed E-state index contributed by atoms with van der Waals surface area (Å²) in [6.07, 6.45) is 0. The number of nitrogens with zero attached hydrogens (tertiary/aromatic N) is 1. The second kappa shape index (κ2) is 6.45. The van der Waals surface area contributed by atoms with Crippen LogP contribution in [0, 0.1) is 20.6 Å². The fraction of sp³-hybridized carbons (Fsp3) is 0.143. The molecule has 0 bridgehead atoms. The van der Waals surface area contributed by atoms with E-state index in [1.54, 1.807) is 13.2 Å². The Balaban J connectivity index is 2.47. The zero-order valence-electron chi connectivity index (χ0n) is 10.9. The van der Waals surface area contributed by atoms with Crippen LogP contribution in [0.15, 0.2) is 46.2 Å². The lowest BCUT2D eigenvalue weighted by molar-refractivity contribution is -0.387. The topological polar surface area (TPSA) is 52.4 Å². The summed E-state index contributed by atoms with van der Waals surface area (Å²) in [7, 11) is 1.59. The lowest BCUT2D eigenvalue weighted by Gasteiger charge is -2.09. The lowest BCUT2D eigenvalue weighted by atomic mass is 10.2. The number of aryl methyl sites for hydroxylation is 1. The number of methoxy groups -OCH3 is 1. The number of rotatable bonds is 4. The number of ether oxygens (including phenoxy) is 1. The molecule has 0 fully saturated rings. The van der Waals surface area contributed by atoms with Crippen LogP contribution < -0.4 is 4.74 Å². The van der Waals surface area contributed by atoms with Crippen molar-refractivity contribution in [2.45, 2.75) is 16.7 Å². The van der Waals surface area contributed by atoms with Gasteiger partial charge in [-0.25, -0.2) is 0 Å². The predicted molar refractivity (Wildman–Crippen MR) is 87.7 cm³/mol. The number of nitro groups is 1. The normalized spacial score (nSPS) is 10.3. The molecule has 0 spiro atoms. The largest absolute Gasteiger partial charge is 0.496 e. The predicted octanol–water partition coefficient (Wildman–Crippen LogP) is 4.67. The van der Waals surface area contributed by atoms with Crippen LogP contribution in [0.2, 0.25) is 0 Å². The molecule has 20 heavy (non-hydrogen) atoms. The Morgan fingerprint density at radius 2 is 1.95 bits per heavy atom. The van der Waals surface area contributed by atoms with Gasteiger partial charge in [-0.2, -0.15) is 0 Å². The molecular formula is C14H12INO3S. The van der Waals surface area contributed by atoms with Crippen LogP contribution in [0.5, 0.6) is 5.75 Å². The summed E-state index contributed by atoms with van der Waals surface area (Å²) in [5.74, 6) is 0.711. The summed E-state index contributed by atoms with van der Waals surface area (Å²) >= 11 is 3.45. The van der Waals surface area contributed by atoms with E-state index in [2.05, 4.69) is 22.6 Å². The zero-order chi connectivity index (χ0) is 14.7. The van der Waals surface area contributed by atoms with Crippen LogP contribution in [0.4, 0.5) is 5.69 Å². The Morgan fingerprint density at radius 1 is 1.25 bits per heavy atom. The molecule has 0 amide bonds. The van der Waals surface area contributed by atoms with Crippen molar-refractivity contribution in [3.63, 3.8) is 0 Å².